The van der Waals surface area contributed by atoms with Gasteiger partial charge in [-0.1, -0.05) is 31.0 Å². The summed E-state index contributed by atoms with van der Waals surface area (Å²) in [5.41, 5.74) is 6.90. The van der Waals surface area contributed by atoms with E-state index in [1.807, 2.05) is 104 Å². The van der Waals surface area contributed by atoms with E-state index in [-0.39, 0.29) is 0 Å². The van der Waals surface area contributed by atoms with Gasteiger partial charge in [0, 0.05) is 17.3 Å². The summed E-state index contributed by atoms with van der Waals surface area (Å²) in [6, 6.07) is 31.2. The van der Waals surface area contributed by atoms with Crippen LogP contribution >= 0.6 is 0 Å². The Balaban J connectivity index is 1.29. The molecule has 0 fully saturated rings. The van der Waals surface area contributed by atoms with Gasteiger partial charge in [-0.2, -0.15) is 15.3 Å². The number of nitrogens with zero attached hydrogens (tertiary/aromatic N) is 5. The third kappa shape index (κ3) is 6.90. The zero-order chi connectivity index (χ0) is 26.9. The standard InChI is InChI=1S/C32H30N6O/c1-3-4-22-39-28-17-15-24(16-18-28)34-31-20-19-30(29-6-5-21-33-32(29)31)38-37-27-13-11-26(12-14-27)36-35-25-9-7-23(2)8-10-25/h5-21,34H,3-4,22H2,1-2H3. The third-order valence-corrected chi connectivity index (χ3v) is 6.08. The van der Waals surface area contributed by atoms with Crippen molar-refractivity contribution in [3.8, 4) is 5.75 Å². The molecule has 0 radical (unpaired) electrons. The van der Waals surface area contributed by atoms with Crippen molar-refractivity contribution < 1.29 is 4.74 Å². The van der Waals surface area contributed by atoms with Crippen LogP contribution in [-0.2, 0) is 0 Å². The van der Waals surface area contributed by atoms with Gasteiger partial charge < -0.3 is 10.1 Å². The third-order valence-electron chi connectivity index (χ3n) is 6.08. The number of hydrogen-bond acceptors (Lipinski definition) is 7. The molecule has 0 aliphatic carbocycles. The van der Waals surface area contributed by atoms with Gasteiger partial charge in [-0.25, -0.2) is 0 Å². The van der Waals surface area contributed by atoms with E-state index < -0.39 is 0 Å². The average Bonchev–Trinajstić information content (AvgIpc) is 2.98. The second-order valence-electron chi connectivity index (χ2n) is 9.14. The van der Waals surface area contributed by atoms with Crippen molar-refractivity contribution in [2.75, 3.05) is 11.9 Å². The van der Waals surface area contributed by atoms with Gasteiger partial charge in [0.25, 0.3) is 0 Å². The van der Waals surface area contributed by atoms with Crippen molar-refractivity contribution in [3.63, 3.8) is 0 Å². The molecule has 0 spiro atoms. The van der Waals surface area contributed by atoms with Crippen LogP contribution in [0.15, 0.2) is 124 Å². The average molecular weight is 515 g/mol. The number of aromatic nitrogens is 1. The fraction of sp³-hybridized carbons (Fsp3) is 0.156. The van der Waals surface area contributed by atoms with Gasteiger partial charge in [-0.05, 0) is 98.3 Å². The molecule has 1 N–H and O–H groups in total. The van der Waals surface area contributed by atoms with Crippen LogP contribution < -0.4 is 10.1 Å². The zero-order valence-corrected chi connectivity index (χ0v) is 22.1. The number of hydrogen-bond donors (Lipinski definition) is 1. The Bertz CT molecular complexity index is 1580. The molecule has 0 unspecified atom stereocenters. The normalized spacial score (nSPS) is 11.4. The molecule has 0 aliphatic rings. The molecule has 1 aromatic heterocycles. The Morgan fingerprint density at radius 2 is 1.36 bits per heavy atom. The first-order chi connectivity index (χ1) is 19.2. The Morgan fingerprint density at radius 1 is 0.718 bits per heavy atom. The molecule has 0 aliphatic heterocycles. The van der Waals surface area contributed by atoms with Crippen LogP contribution in [0.25, 0.3) is 10.9 Å². The molecule has 1 heterocycles. The van der Waals surface area contributed by atoms with Gasteiger partial charge in [0.1, 0.15) is 5.75 Å². The van der Waals surface area contributed by atoms with Gasteiger partial charge in [-0.3, -0.25) is 4.98 Å². The molecule has 5 rings (SSSR count). The lowest BCUT2D eigenvalue weighted by molar-refractivity contribution is 0.309. The molecule has 7 nitrogen and oxygen atoms in total. The summed E-state index contributed by atoms with van der Waals surface area (Å²) in [6.07, 6.45) is 3.94. The molecular formula is C32H30N6O. The lowest BCUT2D eigenvalue weighted by atomic mass is 10.1. The molecule has 7 heteroatoms. The highest BCUT2D eigenvalue weighted by atomic mass is 16.5. The molecule has 0 saturated carbocycles. The monoisotopic (exact) mass is 514 g/mol. The topological polar surface area (TPSA) is 83.6 Å². The van der Waals surface area contributed by atoms with E-state index in [4.69, 9.17) is 4.74 Å². The first-order valence-electron chi connectivity index (χ1n) is 13.1. The number of aryl methyl sites for hydroxylation is 1. The maximum Gasteiger partial charge on any atom is 0.119 e. The van der Waals surface area contributed by atoms with Crippen molar-refractivity contribution in [2.24, 2.45) is 20.5 Å². The highest BCUT2D eigenvalue weighted by Gasteiger charge is 2.08. The number of anilines is 2. The summed E-state index contributed by atoms with van der Waals surface area (Å²) in [7, 11) is 0. The minimum absolute atomic E-state index is 0.727. The second kappa shape index (κ2) is 12.6. The number of fused-ring (bicyclic) bond motifs is 1. The smallest absolute Gasteiger partial charge is 0.119 e. The highest BCUT2D eigenvalue weighted by Crippen LogP contribution is 2.33. The van der Waals surface area contributed by atoms with Gasteiger partial charge >= 0.3 is 0 Å². The molecule has 0 bridgehead atoms. The van der Waals surface area contributed by atoms with E-state index in [0.717, 1.165) is 70.2 Å². The van der Waals surface area contributed by atoms with Crippen molar-refractivity contribution in [2.45, 2.75) is 26.7 Å². The SMILES string of the molecule is CCCCOc1ccc(Nc2ccc(N=Nc3ccc(N=Nc4ccc(C)cc4)cc3)c3cccnc23)cc1. The number of unbranched alkanes of at least 4 members (excludes halogenated alkanes) is 1. The maximum absolute atomic E-state index is 5.77. The quantitative estimate of drug-likeness (QED) is 0.149. The van der Waals surface area contributed by atoms with Gasteiger partial charge in [-0.15, -0.1) is 5.11 Å². The fourth-order valence-corrected chi connectivity index (χ4v) is 3.89. The maximum atomic E-state index is 5.77. The lowest BCUT2D eigenvalue weighted by Gasteiger charge is -2.11. The van der Waals surface area contributed by atoms with E-state index in [1.54, 1.807) is 6.20 Å². The number of nitrogens with one attached hydrogen (secondary N) is 1. The van der Waals surface area contributed by atoms with Crippen molar-refractivity contribution in [3.05, 3.63) is 109 Å². The fourth-order valence-electron chi connectivity index (χ4n) is 3.89. The Labute approximate surface area is 228 Å². The molecule has 0 saturated heterocycles. The number of ether oxygens (including phenoxy) is 1. The summed E-state index contributed by atoms with van der Waals surface area (Å²) in [5.74, 6) is 0.870. The first kappa shape index (κ1) is 25.7. The molecule has 0 amide bonds. The zero-order valence-electron chi connectivity index (χ0n) is 22.1. The second-order valence-corrected chi connectivity index (χ2v) is 9.14. The molecule has 5 aromatic rings. The lowest BCUT2D eigenvalue weighted by Crippen LogP contribution is -1.97. The van der Waals surface area contributed by atoms with E-state index in [1.165, 1.54) is 5.56 Å². The Morgan fingerprint density at radius 3 is 2.03 bits per heavy atom. The first-order valence-corrected chi connectivity index (χ1v) is 13.1. The van der Waals surface area contributed by atoms with Gasteiger partial charge in [0.2, 0.25) is 0 Å². The summed E-state index contributed by atoms with van der Waals surface area (Å²) < 4.78 is 5.77. The van der Waals surface area contributed by atoms with Crippen LogP contribution in [0, 0.1) is 6.92 Å². The summed E-state index contributed by atoms with van der Waals surface area (Å²) >= 11 is 0. The number of azo groups is 2. The van der Waals surface area contributed by atoms with Crippen LogP contribution in [0.5, 0.6) is 5.75 Å². The Hall–Kier alpha value is -4.91. The van der Waals surface area contributed by atoms with E-state index in [9.17, 15) is 0 Å². The minimum atomic E-state index is 0.727. The summed E-state index contributed by atoms with van der Waals surface area (Å²) in [4.78, 5) is 4.61. The largest absolute Gasteiger partial charge is 0.494 e. The Kier molecular flexibility index (Phi) is 8.28. The van der Waals surface area contributed by atoms with Crippen molar-refractivity contribution in [1.29, 1.82) is 0 Å². The van der Waals surface area contributed by atoms with Crippen LogP contribution in [0.2, 0.25) is 0 Å². The van der Waals surface area contributed by atoms with Crippen LogP contribution in [0.4, 0.5) is 34.1 Å². The van der Waals surface area contributed by atoms with Gasteiger partial charge in [0.05, 0.1) is 40.6 Å². The minimum Gasteiger partial charge on any atom is -0.494 e. The van der Waals surface area contributed by atoms with Crippen LogP contribution in [-0.4, -0.2) is 11.6 Å². The predicted octanol–water partition coefficient (Wildman–Crippen LogP) is 10.3. The molecule has 4 aromatic carbocycles. The molecular weight excluding hydrogens is 484 g/mol. The highest BCUT2D eigenvalue weighted by molar-refractivity contribution is 5.99. The van der Waals surface area contributed by atoms with Gasteiger partial charge in [0.15, 0.2) is 0 Å². The van der Waals surface area contributed by atoms with E-state index in [0.29, 0.717) is 0 Å². The number of rotatable bonds is 10. The number of pyridine rings is 1. The van der Waals surface area contributed by atoms with Crippen LogP contribution in [0.3, 0.4) is 0 Å². The predicted molar refractivity (Wildman–Crippen MR) is 158 cm³/mol. The van der Waals surface area contributed by atoms with E-state index in [2.05, 4.69) is 37.7 Å². The molecule has 194 valence electrons. The van der Waals surface area contributed by atoms with E-state index >= 15 is 0 Å². The van der Waals surface area contributed by atoms with Crippen molar-refractivity contribution >= 4 is 45.0 Å². The summed E-state index contributed by atoms with van der Waals surface area (Å²) in [5, 5.41) is 21.9. The number of benzene rings is 4. The molecule has 39 heavy (non-hydrogen) atoms. The summed E-state index contributed by atoms with van der Waals surface area (Å²) in [6.45, 7) is 4.93. The molecule has 0 atom stereocenters. The van der Waals surface area contributed by atoms with Crippen LogP contribution in [0.1, 0.15) is 25.3 Å². The van der Waals surface area contributed by atoms with Crippen molar-refractivity contribution in [1.82, 2.24) is 4.98 Å².